The molecule has 2 nitrogen and oxygen atoms in total. The zero-order valence-corrected chi connectivity index (χ0v) is 12.3. The summed E-state index contributed by atoms with van der Waals surface area (Å²) in [6, 6.07) is 0. The first-order valence-electron chi connectivity index (χ1n) is 7.77. The van der Waals surface area contributed by atoms with E-state index < -0.39 is 0 Å². The van der Waals surface area contributed by atoms with Crippen LogP contribution in [-0.4, -0.2) is 49.6 Å². The van der Waals surface area contributed by atoms with Crippen LogP contribution in [0.4, 0.5) is 0 Å². The molecule has 1 atom stereocenters. The highest BCUT2D eigenvalue weighted by atomic mass is 15.1. The average Bonchev–Trinajstić information content (AvgIpc) is 2.85. The summed E-state index contributed by atoms with van der Waals surface area (Å²) in [5.74, 6) is 1.76. The molecule has 0 radical (unpaired) electrons. The van der Waals surface area contributed by atoms with Crippen molar-refractivity contribution in [3.05, 3.63) is 12.2 Å². The second kappa shape index (κ2) is 6.72. The molecule has 18 heavy (non-hydrogen) atoms. The fraction of sp³-hybridized carbons (Fsp3) is 0.875. The number of hydrogen-bond donors (Lipinski definition) is 0. The molecule has 0 amide bonds. The molecule has 0 N–H and O–H groups in total. The van der Waals surface area contributed by atoms with E-state index in [-0.39, 0.29) is 0 Å². The molecule has 0 saturated carbocycles. The number of nitrogens with zero attached hydrogens (tertiary/aromatic N) is 2. The van der Waals surface area contributed by atoms with Crippen molar-refractivity contribution in [2.24, 2.45) is 11.8 Å². The van der Waals surface area contributed by atoms with E-state index in [0.29, 0.717) is 0 Å². The van der Waals surface area contributed by atoms with Crippen LogP contribution in [-0.2, 0) is 0 Å². The lowest BCUT2D eigenvalue weighted by Gasteiger charge is -2.30. The van der Waals surface area contributed by atoms with Crippen LogP contribution in [0.2, 0.25) is 0 Å². The van der Waals surface area contributed by atoms with Gasteiger partial charge in [0, 0.05) is 13.1 Å². The fourth-order valence-corrected chi connectivity index (χ4v) is 3.37. The standard InChI is InChI=1S/C16H30N2/c1-4-15-6-12-18(13-15)11-5-14(2)16-7-9-17(3)10-8-16/h15-16H,2,4-13H2,1,3H3/t15-/m0/s1. The van der Waals surface area contributed by atoms with Gasteiger partial charge in [-0.05, 0) is 64.2 Å². The van der Waals surface area contributed by atoms with Gasteiger partial charge in [-0.3, -0.25) is 0 Å². The van der Waals surface area contributed by atoms with Gasteiger partial charge < -0.3 is 9.80 Å². The molecule has 2 rings (SSSR count). The summed E-state index contributed by atoms with van der Waals surface area (Å²) in [7, 11) is 2.23. The topological polar surface area (TPSA) is 6.48 Å². The van der Waals surface area contributed by atoms with Crippen LogP contribution in [0.5, 0.6) is 0 Å². The maximum Gasteiger partial charge on any atom is 0.00187 e. The van der Waals surface area contributed by atoms with E-state index in [1.54, 1.807) is 0 Å². The van der Waals surface area contributed by atoms with Crippen LogP contribution in [0.15, 0.2) is 12.2 Å². The van der Waals surface area contributed by atoms with Gasteiger partial charge in [-0.2, -0.15) is 0 Å². The van der Waals surface area contributed by atoms with Crippen molar-refractivity contribution < 1.29 is 0 Å². The second-order valence-corrected chi connectivity index (χ2v) is 6.35. The average molecular weight is 250 g/mol. The van der Waals surface area contributed by atoms with Crippen LogP contribution in [0.1, 0.15) is 39.0 Å². The predicted molar refractivity (Wildman–Crippen MR) is 78.8 cm³/mol. The van der Waals surface area contributed by atoms with Crippen molar-refractivity contribution in [1.82, 2.24) is 9.80 Å². The molecule has 0 aromatic carbocycles. The second-order valence-electron chi connectivity index (χ2n) is 6.35. The van der Waals surface area contributed by atoms with Crippen molar-refractivity contribution >= 4 is 0 Å². The summed E-state index contributed by atoms with van der Waals surface area (Å²) in [4.78, 5) is 5.09. The largest absolute Gasteiger partial charge is 0.306 e. The summed E-state index contributed by atoms with van der Waals surface area (Å²) >= 11 is 0. The molecule has 0 spiro atoms. The molecule has 2 heterocycles. The molecule has 104 valence electrons. The summed E-state index contributed by atoms with van der Waals surface area (Å²) in [5.41, 5.74) is 1.52. The lowest BCUT2D eigenvalue weighted by atomic mass is 9.88. The van der Waals surface area contributed by atoms with Gasteiger partial charge in [0.2, 0.25) is 0 Å². The summed E-state index contributed by atoms with van der Waals surface area (Å²) in [6.07, 6.45) is 6.65. The van der Waals surface area contributed by atoms with E-state index in [1.165, 1.54) is 70.4 Å². The first-order valence-corrected chi connectivity index (χ1v) is 7.77. The Labute approximate surface area is 113 Å². The van der Waals surface area contributed by atoms with Gasteiger partial charge in [0.15, 0.2) is 0 Å². The van der Waals surface area contributed by atoms with Crippen molar-refractivity contribution in [2.75, 3.05) is 39.8 Å². The maximum atomic E-state index is 4.36. The molecular formula is C16H30N2. The molecule has 0 aromatic heterocycles. The van der Waals surface area contributed by atoms with Gasteiger partial charge in [0.05, 0.1) is 0 Å². The number of hydrogen-bond acceptors (Lipinski definition) is 2. The maximum absolute atomic E-state index is 4.36. The Bertz CT molecular complexity index is 266. The Kier molecular flexibility index (Phi) is 5.25. The molecule has 0 bridgehead atoms. The Balaban J connectivity index is 1.66. The number of likely N-dealkylation sites (tertiary alicyclic amines) is 2. The van der Waals surface area contributed by atoms with E-state index in [2.05, 4.69) is 30.4 Å². The molecule has 2 saturated heterocycles. The van der Waals surface area contributed by atoms with E-state index in [4.69, 9.17) is 0 Å². The van der Waals surface area contributed by atoms with E-state index in [1.807, 2.05) is 0 Å². The molecule has 2 fully saturated rings. The molecule has 0 aromatic rings. The predicted octanol–water partition coefficient (Wildman–Crippen LogP) is 3.01. The Morgan fingerprint density at radius 1 is 1.17 bits per heavy atom. The van der Waals surface area contributed by atoms with Gasteiger partial charge in [-0.15, -0.1) is 0 Å². The quantitative estimate of drug-likeness (QED) is 0.692. The highest BCUT2D eigenvalue weighted by molar-refractivity contribution is 5.03. The third-order valence-electron chi connectivity index (χ3n) is 4.99. The molecule has 2 aliphatic heterocycles. The minimum absolute atomic E-state index is 0.797. The van der Waals surface area contributed by atoms with Gasteiger partial charge in [-0.25, -0.2) is 0 Å². The van der Waals surface area contributed by atoms with E-state index in [9.17, 15) is 0 Å². The fourth-order valence-electron chi connectivity index (χ4n) is 3.37. The third-order valence-corrected chi connectivity index (χ3v) is 4.99. The molecule has 2 aliphatic rings. The highest BCUT2D eigenvalue weighted by Gasteiger charge is 2.22. The first-order chi connectivity index (χ1) is 8.69. The van der Waals surface area contributed by atoms with E-state index in [0.717, 1.165) is 11.8 Å². The van der Waals surface area contributed by atoms with Gasteiger partial charge in [0.25, 0.3) is 0 Å². The summed E-state index contributed by atoms with van der Waals surface area (Å²) in [5, 5.41) is 0. The molecule has 0 aliphatic carbocycles. The Morgan fingerprint density at radius 2 is 1.89 bits per heavy atom. The van der Waals surface area contributed by atoms with Gasteiger partial charge in [-0.1, -0.05) is 25.5 Å². The van der Waals surface area contributed by atoms with Crippen LogP contribution in [0.25, 0.3) is 0 Å². The molecular weight excluding hydrogens is 220 g/mol. The van der Waals surface area contributed by atoms with Crippen molar-refractivity contribution in [3.63, 3.8) is 0 Å². The monoisotopic (exact) mass is 250 g/mol. The van der Waals surface area contributed by atoms with Crippen LogP contribution >= 0.6 is 0 Å². The lowest BCUT2D eigenvalue weighted by Crippen LogP contribution is -2.31. The van der Waals surface area contributed by atoms with Crippen LogP contribution in [0.3, 0.4) is 0 Å². The molecule has 0 unspecified atom stereocenters. The number of rotatable bonds is 5. The van der Waals surface area contributed by atoms with Gasteiger partial charge >= 0.3 is 0 Å². The first kappa shape index (κ1) is 14.1. The Hall–Kier alpha value is -0.340. The smallest absolute Gasteiger partial charge is 0.00187 e. The van der Waals surface area contributed by atoms with E-state index >= 15 is 0 Å². The zero-order valence-electron chi connectivity index (χ0n) is 12.3. The normalized spacial score (nSPS) is 27.8. The minimum Gasteiger partial charge on any atom is -0.306 e. The van der Waals surface area contributed by atoms with Crippen molar-refractivity contribution in [2.45, 2.75) is 39.0 Å². The SMILES string of the molecule is C=C(CCN1CC[C@H](CC)C1)C1CCN(C)CC1. The van der Waals surface area contributed by atoms with Crippen LogP contribution < -0.4 is 0 Å². The summed E-state index contributed by atoms with van der Waals surface area (Å²) < 4.78 is 0. The van der Waals surface area contributed by atoms with Crippen molar-refractivity contribution in [1.29, 1.82) is 0 Å². The summed E-state index contributed by atoms with van der Waals surface area (Å²) in [6.45, 7) is 13.1. The minimum atomic E-state index is 0.797. The lowest BCUT2D eigenvalue weighted by molar-refractivity contribution is 0.232. The zero-order chi connectivity index (χ0) is 13.0. The van der Waals surface area contributed by atoms with Crippen molar-refractivity contribution in [3.8, 4) is 0 Å². The molecule has 2 heteroatoms. The Morgan fingerprint density at radius 3 is 2.50 bits per heavy atom. The van der Waals surface area contributed by atoms with Gasteiger partial charge in [0.1, 0.15) is 0 Å². The third kappa shape index (κ3) is 3.83. The van der Waals surface area contributed by atoms with Crippen LogP contribution in [0, 0.1) is 11.8 Å². The highest BCUT2D eigenvalue weighted by Crippen LogP contribution is 2.26. The number of piperidine rings is 1.